The summed E-state index contributed by atoms with van der Waals surface area (Å²) in [5.74, 6) is -0.859. The van der Waals surface area contributed by atoms with Crippen LogP contribution in [0, 0.1) is 0 Å². The van der Waals surface area contributed by atoms with Gasteiger partial charge >= 0.3 is 5.97 Å². The SMILES string of the molecule is CC(C)(c1ccc(N)cc1)c1nc(CC(=O)O)cs1. The van der Waals surface area contributed by atoms with Crippen LogP contribution in [0.4, 0.5) is 5.69 Å². The number of aliphatic carboxylic acids is 1. The van der Waals surface area contributed by atoms with E-state index in [0.29, 0.717) is 5.69 Å². The van der Waals surface area contributed by atoms with Crippen molar-refractivity contribution in [2.45, 2.75) is 25.7 Å². The number of carbonyl (C=O) groups is 1. The lowest BCUT2D eigenvalue weighted by Crippen LogP contribution is -2.19. The second-order valence-corrected chi connectivity index (χ2v) is 5.82. The first-order valence-electron chi connectivity index (χ1n) is 5.92. The fraction of sp³-hybridized carbons (Fsp3) is 0.286. The second-order valence-electron chi connectivity index (χ2n) is 4.96. The highest BCUT2D eigenvalue weighted by Crippen LogP contribution is 2.33. The van der Waals surface area contributed by atoms with Crippen LogP contribution >= 0.6 is 11.3 Å². The number of anilines is 1. The van der Waals surface area contributed by atoms with E-state index in [9.17, 15) is 4.79 Å². The molecule has 0 aliphatic rings. The molecule has 1 aromatic carbocycles. The zero-order chi connectivity index (χ0) is 14.0. The Bertz CT molecular complexity index is 588. The van der Waals surface area contributed by atoms with E-state index in [1.165, 1.54) is 11.3 Å². The van der Waals surface area contributed by atoms with Crippen molar-refractivity contribution in [2.75, 3.05) is 5.73 Å². The fourth-order valence-electron chi connectivity index (χ4n) is 1.85. The first kappa shape index (κ1) is 13.5. The molecule has 1 heterocycles. The summed E-state index contributed by atoms with van der Waals surface area (Å²) < 4.78 is 0. The van der Waals surface area contributed by atoms with E-state index in [1.54, 1.807) is 0 Å². The smallest absolute Gasteiger partial charge is 0.309 e. The summed E-state index contributed by atoms with van der Waals surface area (Å²) >= 11 is 1.49. The van der Waals surface area contributed by atoms with Gasteiger partial charge in [-0.2, -0.15) is 0 Å². The van der Waals surface area contributed by atoms with Crippen LogP contribution in [-0.2, 0) is 16.6 Å². The van der Waals surface area contributed by atoms with E-state index < -0.39 is 5.97 Å². The maximum atomic E-state index is 10.7. The number of benzene rings is 1. The number of nitrogens with two attached hydrogens (primary N) is 1. The third kappa shape index (κ3) is 2.93. The highest BCUT2D eigenvalue weighted by molar-refractivity contribution is 7.09. The Morgan fingerprint density at radius 3 is 2.58 bits per heavy atom. The van der Waals surface area contributed by atoms with Gasteiger partial charge in [-0.1, -0.05) is 12.1 Å². The molecule has 0 unspecified atom stereocenters. The van der Waals surface area contributed by atoms with Crippen molar-refractivity contribution in [1.82, 2.24) is 4.98 Å². The molecule has 100 valence electrons. The van der Waals surface area contributed by atoms with Crippen LogP contribution in [0.2, 0.25) is 0 Å². The predicted octanol–water partition coefficient (Wildman–Crippen LogP) is 2.68. The number of aromatic nitrogens is 1. The van der Waals surface area contributed by atoms with Crippen molar-refractivity contribution in [3.05, 3.63) is 45.9 Å². The van der Waals surface area contributed by atoms with E-state index in [0.717, 1.165) is 16.3 Å². The molecule has 1 aromatic heterocycles. The van der Waals surface area contributed by atoms with Crippen LogP contribution in [0.3, 0.4) is 0 Å². The molecular formula is C14H16N2O2S. The number of nitrogen functional groups attached to an aromatic ring is 1. The molecule has 0 spiro atoms. The minimum atomic E-state index is -0.859. The third-order valence-corrected chi connectivity index (χ3v) is 4.27. The lowest BCUT2D eigenvalue weighted by Gasteiger charge is -2.22. The highest BCUT2D eigenvalue weighted by Gasteiger charge is 2.26. The molecule has 3 N–H and O–H groups in total. The van der Waals surface area contributed by atoms with Gasteiger partial charge in [-0.15, -0.1) is 11.3 Å². The number of carboxylic acid groups (broad SMARTS) is 1. The van der Waals surface area contributed by atoms with Gasteiger partial charge in [0.2, 0.25) is 0 Å². The molecular weight excluding hydrogens is 260 g/mol. The van der Waals surface area contributed by atoms with Crippen LogP contribution in [-0.4, -0.2) is 16.1 Å². The fourth-order valence-corrected chi connectivity index (χ4v) is 2.82. The molecule has 0 aliphatic carbocycles. The van der Waals surface area contributed by atoms with E-state index in [2.05, 4.69) is 18.8 Å². The van der Waals surface area contributed by atoms with Crippen molar-refractivity contribution in [1.29, 1.82) is 0 Å². The van der Waals surface area contributed by atoms with Crippen LogP contribution in [0.15, 0.2) is 29.6 Å². The van der Waals surface area contributed by atoms with Crippen molar-refractivity contribution in [2.24, 2.45) is 0 Å². The quantitative estimate of drug-likeness (QED) is 0.842. The topological polar surface area (TPSA) is 76.2 Å². The number of thiazole rings is 1. The number of hydrogen-bond acceptors (Lipinski definition) is 4. The molecule has 0 saturated carbocycles. The summed E-state index contributed by atoms with van der Waals surface area (Å²) in [5.41, 5.74) is 7.88. The Balaban J connectivity index is 2.30. The van der Waals surface area contributed by atoms with Crippen molar-refractivity contribution in [3.8, 4) is 0 Å². The van der Waals surface area contributed by atoms with Crippen LogP contribution in [0.25, 0.3) is 0 Å². The normalized spacial score (nSPS) is 11.5. The minimum Gasteiger partial charge on any atom is -0.481 e. The summed E-state index contributed by atoms with van der Waals surface area (Å²) in [6, 6.07) is 7.69. The summed E-state index contributed by atoms with van der Waals surface area (Å²) in [6.07, 6.45) is -0.0334. The molecule has 0 radical (unpaired) electrons. The molecule has 4 nitrogen and oxygen atoms in total. The largest absolute Gasteiger partial charge is 0.481 e. The first-order valence-corrected chi connectivity index (χ1v) is 6.80. The molecule has 0 fully saturated rings. The monoisotopic (exact) mass is 276 g/mol. The molecule has 19 heavy (non-hydrogen) atoms. The minimum absolute atomic E-state index is 0.0334. The van der Waals surface area contributed by atoms with E-state index in [1.807, 2.05) is 29.6 Å². The lowest BCUT2D eigenvalue weighted by atomic mass is 9.85. The number of rotatable bonds is 4. The van der Waals surface area contributed by atoms with E-state index in [-0.39, 0.29) is 11.8 Å². The van der Waals surface area contributed by atoms with Crippen LogP contribution in [0.5, 0.6) is 0 Å². The standard InChI is InChI=1S/C14H16N2O2S/c1-14(2,9-3-5-10(15)6-4-9)13-16-11(8-19-13)7-12(17)18/h3-6,8H,7,15H2,1-2H3,(H,17,18). The predicted molar refractivity (Wildman–Crippen MR) is 76.4 cm³/mol. The van der Waals surface area contributed by atoms with Crippen molar-refractivity contribution >= 4 is 23.0 Å². The molecule has 0 amide bonds. The zero-order valence-electron chi connectivity index (χ0n) is 10.9. The van der Waals surface area contributed by atoms with Gasteiger partial charge in [0, 0.05) is 16.5 Å². The molecule has 2 aromatic rings. The lowest BCUT2D eigenvalue weighted by molar-refractivity contribution is -0.136. The Labute approximate surface area is 115 Å². The Morgan fingerprint density at radius 1 is 1.37 bits per heavy atom. The molecule has 0 aliphatic heterocycles. The number of carboxylic acids is 1. The number of nitrogens with zero attached hydrogens (tertiary/aromatic N) is 1. The van der Waals surface area contributed by atoms with Crippen molar-refractivity contribution in [3.63, 3.8) is 0 Å². The number of hydrogen-bond donors (Lipinski definition) is 2. The van der Waals surface area contributed by atoms with Gasteiger partial charge in [-0.25, -0.2) is 4.98 Å². The van der Waals surface area contributed by atoms with Gasteiger partial charge in [-0.3, -0.25) is 4.79 Å². The average molecular weight is 276 g/mol. The maximum absolute atomic E-state index is 10.7. The van der Waals surface area contributed by atoms with Gasteiger partial charge in [0.25, 0.3) is 0 Å². The highest BCUT2D eigenvalue weighted by atomic mass is 32.1. The Hall–Kier alpha value is -1.88. The van der Waals surface area contributed by atoms with E-state index >= 15 is 0 Å². The average Bonchev–Trinajstić information content (AvgIpc) is 2.78. The first-order chi connectivity index (χ1) is 8.89. The zero-order valence-corrected chi connectivity index (χ0v) is 11.7. The van der Waals surface area contributed by atoms with Gasteiger partial charge in [0.05, 0.1) is 12.1 Å². The Morgan fingerprint density at radius 2 is 2.00 bits per heavy atom. The summed E-state index contributed by atoms with van der Waals surface area (Å²) in [7, 11) is 0. The molecule has 5 heteroatoms. The van der Waals surface area contributed by atoms with Gasteiger partial charge in [0.15, 0.2) is 0 Å². The summed E-state index contributed by atoms with van der Waals surface area (Å²) in [4.78, 5) is 15.1. The van der Waals surface area contributed by atoms with Gasteiger partial charge in [-0.05, 0) is 31.5 Å². The molecule has 2 rings (SSSR count). The molecule has 0 saturated heterocycles. The second kappa shape index (κ2) is 5.01. The van der Waals surface area contributed by atoms with Gasteiger partial charge in [0.1, 0.15) is 5.01 Å². The Kier molecular flexibility index (Phi) is 3.57. The summed E-state index contributed by atoms with van der Waals surface area (Å²) in [5, 5.41) is 11.5. The van der Waals surface area contributed by atoms with Crippen LogP contribution < -0.4 is 5.73 Å². The van der Waals surface area contributed by atoms with E-state index in [4.69, 9.17) is 10.8 Å². The van der Waals surface area contributed by atoms with Gasteiger partial charge < -0.3 is 10.8 Å². The summed E-state index contributed by atoms with van der Waals surface area (Å²) in [6.45, 7) is 4.14. The van der Waals surface area contributed by atoms with Crippen molar-refractivity contribution < 1.29 is 9.90 Å². The van der Waals surface area contributed by atoms with Crippen LogP contribution in [0.1, 0.15) is 30.1 Å². The molecule has 0 atom stereocenters. The molecule has 0 bridgehead atoms. The third-order valence-electron chi connectivity index (χ3n) is 3.05. The maximum Gasteiger partial charge on any atom is 0.309 e.